The molecule has 1 fully saturated rings. The summed E-state index contributed by atoms with van der Waals surface area (Å²) >= 11 is 0. The van der Waals surface area contributed by atoms with Crippen molar-refractivity contribution in [2.24, 2.45) is 5.41 Å². The molecule has 0 N–H and O–H groups in total. The summed E-state index contributed by atoms with van der Waals surface area (Å²) in [6.07, 6.45) is 2.70. The number of ketones is 2. The summed E-state index contributed by atoms with van der Waals surface area (Å²) in [7, 11) is 0. The Labute approximate surface area is 77.7 Å². The molecule has 0 heterocycles. The van der Waals surface area contributed by atoms with Gasteiger partial charge in [0.05, 0.1) is 6.07 Å². The smallest absolute Gasteiger partial charge is 0.153 e. The summed E-state index contributed by atoms with van der Waals surface area (Å²) in [6, 6.07) is 2.08. The van der Waals surface area contributed by atoms with E-state index >= 15 is 0 Å². The van der Waals surface area contributed by atoms with Gasteiger partial charge in [0.25, 0.3) is 0 Å². The summed E-state index contributed by atoms with van der Waals surface area (Å²) in [5.41, 5.74) is -0.828. The second-order valence-electron chi connectivity index (χ2n) is 3.67. The molecule has 0 bridgehead atoms. The van der Waals surface area contributed by atoms with E-state index in [1.54, 1.807) is 0 Å². The highest BCUT2D eigenvalue weighted by Gasteiger charge is 2.41. The van der Waals surface area contributed by atoms with Gasteiger partial charge in [-0.1, -0.05) is 0 Å². The Kier molecular flexibility index (Phi) is 2.82. The molecule has 0 aromatic carbocycles. The van der Waals surface area contributed by atoms with Crippen molar-refractivity contribution in [1.29, 1.82) is 5.26 Å². The van der Waals surface area contributed by atoms with Crippen LogP contribution < -0.4 is 0 Å². The fraction of sp³-hybridized carbons (Fsp3) is 0.700. The second kappa shape index (κ2) is 3.69. The molecule has 0 radical (unpaired) electrons. The lowest BCUT2D eigenvalue weighted by atomic mass is 9.82. The monoisotopic (exact) mass is 179 g/mol. The van der Waals surface area contributed by atoms with Gasteiger partial charge in [0.1, 0.15) is 11.2 Å². The van der Waals surface area contributed by atoms with Gasteiger partial charge in [0.15, 0.2) is 5.78 Å². The molecule has 70 valence electrons. The highest BCUT2D eigenvalue weighted by atomic mass is 16.1. The van der Waals surface area contributed by atoms with Crippen LogP contribution in [-0.2, 0) is 9.59 Å². The zero-order chi connectivity index (χ0) is 9.90. The summed E-state index contributed by atoms with van der Waals surface area (Å²) in [6.45, 7) is 1.49. The molecule has 1 saturated carbocycles. The minimum absolute atomic E-state index is 0.0243. The van der Waals surface area contributed by atoms with Crippen LogP contribution in [0.4, 0.5) is 0 Å². The van der Waals surface area contributed by atoms with Crippen molar-refractivity contribution in [1.82, 2.24) is 0 Å². The Balaban J connectivity index is 2.66. The predicted molar refractivity (Wildman–Crippen MR) is 46.8 cm³/mol. The maximum Gasteiger partial charge on any atom is 0.153 e. The molecule has 3 nitrogen and oxygen atoms in total. The molecule has 0 aliphatic heterocycles. The fourth-order valence-corrected chi connectivity index (χ4v) is 1.76. The minimum atomic E-state index is -0.828. The summed E-state index contributed by atoms with van der Waals surface area (Å²) in [5, 5.41) is 8.92. The maximum atomic E-state index is 11.4. The van der Waals surface area contributed by atoms with Crippen LogP contribution in [0.2, 0.25) is 0 Å². The first-order valence-electron chi connectivity index (χ1n) is 4.55. The predicted octanol–water partition coefficient (Wildman–Crippen LogP) is 1.62. The van der Waals surface area contributed by atoms with Gasteiger partial charge >= 0.3 is 0 Å². The Bertz CT molecular complexity index is 277. The van der Waals surface area contributed by atoms with Crippen molar-refractivity contribution in [3.8, 4) is 6.07 Å². The van der Waals surface area contributed by atoms with Gasteiger partial charge in [-0.2, -0.15) is 5.26 Å². The van der Waals surface area contributed by atoms with Crippen LogP contribution >= 0.6 is 0 Å². The van der Waals surface area contributed by atoms with Gasteiger partial charge < -0.3 is 4.79 Å². The number of Topliss-reactive ketones (excluding diaryl/α,β-unsaturated/α-hetero) is 2. The van der Waals surface area contributed by atoms with Gasteiger partial charge in [0, 0.05) is 12.8 Å². The first kappa shape index (κ1) is 9.91. The SMILES string of the molecule is CC(=O)CCC1(C#N)CCCC1=O. The Morgan fingerprint density at radius 1 is 1.69 bits per heavy atom. The van der Waals surface area contributed by atoms with Crippen LogP contribution in [-0.4, -0.2) is 11.6 Å². The molecule has 1 aliphatic carbocycles. The molecule has 0 amide bonds. The van der Waals surface area contributed by atoms with Gasteiger partial charge in [-0.3, -0.25) is 4.79 Å². The summed E-state index contributed by atoms with van der Waals surface area (Å²) in [5.74, 6) is 0.0746. The van der Waals surface area contributed by atoms with Crippen molar-refractivity contribution >= 4 is 11.6 Å². The molecule has 13 heavy (non-hydrogen) atoms. The summed E-state index contributed by atoms with van der Waals surface area (Å²) < 4.78 is 0. The average Bonchev–Trinajstić information content (AvgIpc) is 2.45. The molecule has 1 unspecified atom stereocenters. The number of hydrogen-bond acceptors (Lipinski definition) is 3. The molecule has 1 aliphatic rings. The van der Waals surface area contributed by atoms with Crippen LogP contribution in [0.25, 0.3) is 0 Å². The van der Waals surface area contributed by atoms with Crippen LogP contribution in [0.3, 0.4) is 0 Å². The molecular weight excluding hydrogens is 166 g/mol. The van der Waals surface area contributed by atoms with Crippen molar-refractivity contribution in [3.05, 3.63) is 0 Å². The number of carbonyl (C=O) groups is 2. The first-order chi connectivity index (χ1) is 6.10. The Morgan fingerprint density at radius 2 is 2.38 bits per heavy atom. The van der Waals surface area contributed by atoms with E-state index in [0.29, 0.717) is 25.7 Å². The molecule has 1 atom stereocenters. The normalized spacial score (nSPS) is 27.2. The maximum absolute atomic E-state index is 11.4. The number of nitrogens with zero attached hydrogens (tertiary/aromatic N) is 1. The first-order valence-corrected chi connectivity index (χ1v) is 4.55. The van der Waals surface area contributed by atoms with Gasteiger partial charge in [-0.25, -0.2) is 0 Å². The zero-order valence-corrected chi connectivity index (χ0v) is 7.80. The van der Waals surface area contributed by atoms with E-state index in [1.165, 1.54) is 6.92 Å². The van der Waals surface area contributed by atoms with Crippen molar-refractivity contribution in [2.75, 3.05) is 0 Å². The third-order valence-corrected chi connectivity index (χ3v) is 2.66. The summed E-state index contributed by atoms with van der Waals surface area (Å²) in [4.78, 5) is 22.2. The van der Waals surface area contributed by atoms with Gasteiger partial charge in [0.2, 0.25) is 0 Å². The minimum Gasteiger partial charge on any atom is -0.300 e. The Morgan fingerprint density at radius 3 is 2.77 bits per heavy atom. The largest absolute Gasteiger partial charge is 0.300 e. The van der Waals surface area contributed by atoms with Gasteiger partial charge in [-0.05, 0) is 26.2 Å². The number of rotatable bonds is 3. The Hall–Kier alpha value is -1.17. The third-order valence-electron chi connectivity index (χ3n) is 2.66. The van der Waals surface area contributed by atoms with E-state index in [0.717, 1.165) is 6.42 Å². The lowest BCUT2D eigenvalue weighted by molar-refractivity contribution is -0.124. The van der Waals surface area contributed by atoms with Gasteiger partial charge in [-0.15, -0.1) is 0 Å². The van der Waals surface area contributed by atoms with Crippen LogP contribution in [0, 0.1) is 16.7 Å². The second-order valence-corrected chi connectivity index (χ2v) is 3.67. The van der Waals surface area contributed by atoms with Crippen LogP contribution in [0.15, 0.2) is 0 Å². The average molecular weight is 179 g/mol. The topological polar surface area (TPSA) is 57.9 Å². The van der Waals surface area contributed by atoms with Crippen molar-refractivity contribution in [2.45, 2.75) is 39.0 Å². The molecule has 1 rings (SSSR count). The highest BCUT2D eigenvalue weighted by molar-refractivity contribution is 5.90. The van der Waals surface area contributed by atoms with Crippen LogP contribution in [0.1, 0.15) is 39.0 Å². The van der Waals surface area contributed by atoms with E-state index in [-0.39, 0.29) is 11.6 Å². The van der Waals surface area contributed by atoms with E-state index < -0.39 is 5.41 Å². The zero-order valence-electron chi connectivity index (χ0n) is 7.80. The van der Waals surface area contributed by atoms with Crippen molar-refractivity contribution < 1.29 is 9.59 Å². The highest BCUT2D eigenvalue weighted by Crippen LogP contribution is 2.38. The molecule has 0 aromatic rings. The lowest BCUT2D eigenvalue weighted by Gasteiger charge is -2.16. The quantitative estimate of drug-likeness (QED) is 0.661. The number of hydrogen-bond donors (Lipinski definition) is 0. The fourth-order valence-electron chi connectivity index (χ4n) is 1.76. The lowest BCUT2D eigenvalue weighted by Crippen LogP contribution is -2.24. The number of nitriles is 1. The van der Waals surface area contributed by atoms with E-state index in [1.807, 2.05) is 0 Å². The standard InChI is InChI=1S/C10H13NO2/c1-8(12)4-6-10(7-11)5-2-3-9(10)13/h2-6H2,1H3. The molecule has 0 spiro atoms. The van der Waals surface area contributed by atoms with Crippen molar-refractivity contribution in [3.63, 3.8) is 0 Å². The third kappa shape index (κ3) is 1.95. The molecule has 0 saturated heterocycles. The molecule has 0 aromatic heterocycles. The molecule has 3 heteroatoms. The number of carbonyl (C=O) groups excluding carboxylic acids is 2. The van der Waals surface area contributed by atoms with E-state index in [4.69, 9.17) is 5.26 Å². The molecular formula is C10H13NO2. The van der Waals surface area contributed by atoms with Crippen LogP contribution in [0.5, 0.6) is 0 Å². The van der Waals surface area contributed by atoms with E-state index in [2.05, 4.69) is 6.07 Å². The van der Waals surface area contributed by atoms with E-state index in [9.17, 15) is 9.59 Å².